The van der Waals surface area contributed by atoms with Crippen LogP contribution in [-0.2, 0) is 34.9 Å². The molecule has 0 aromatic heterocycles. The van der Waals surface area contributed by atoms with E-state index in [1.54, 1.807) is 19.9 Å². The third kappa shape index (κ3) is 13.0. The average Bonchev–Trinajstić information content (AvgIpc) is 2.92. The zero-order chi connectivity index (χ0) is 31.2. The molecule has 1 aliphatic carbocycles. The van der Waals surface area contributed by atoms with Gasteiger partial charge < -0.3 is 38.9 Å². The summed E-state index contributed by atoms with van der Waals surface area (Å²) in [5.74, 6) is -0.752. The standard InChI is InChI=1S/C30H45NO11/c1-18(2)16-36-28(33)41-25-13-12-22(15-26(25)42-29(34)37-17-19(3)4)14-24(31)27(32)38-20(5)21(6)39-30(35)40-23-10-8-7-9-11-23/h12-13,15,18-21,23-24H,7-11,14,16-17,31H2,1-6H3/t20-,21?,24-/m0/s1. The molecule has 0 heterocycles. The van der Waals surface area contributed by atoms with Crippen molar-refractivity contribution in [1.82, 2.24) is 0 Å². The van der Waals surface area contributed by atoms with Gasteiger partial charge in [-0.3, -0.25) is 4.79 Å². The first-order chi connectivity index (χ1) is 19.8. The van der Waals surface area contributed by atoms with E-state index in [4.69, 9.17) is 38.9 Å². The van der Waals surface area contributed by atoms with Gasteiger partial charge in [0.1, 0.15) is 24.4 Å². The van der Waals surface area contributed by atoms with Crippen LogP contribution in [0.2, 0.25) is 0 Å². The van der Waals surface area contributed by atoms with Gasteiger partial charge in [-0.2, -0.15) is 0 Å². The van der Waals surface area contributed by atoms with Crippen molar-refractivity contribution in [3.8, 4) is 11.5 Å². The highest BCUT2D eigenvalue weighted by Gasteiger charge is 2.27. The molecule has 1 aromatic carbocycles. The van der Waals surface area contributed by atoms with Crippen LogP contribution in [0.15, 0.2) is 18.2 Å². The number of esters is 1. The molecule has 2 rings (SSSR count). The lowest BCUT2D eigenvalue weighted by atomic mass is 9.98. The van der Waals surface area contributed by atoms with Gasteiger partial charge >= 0.3 is 24.4 Å². The minimum Gasteiger partial charge on any atom is -0.458 e. The Balaban J connectivity index is 1.99. The van der Waals surface area contributed by atoms with E-state index in [-0.39, 0.29) is 49.1 Å². The molecule has 0 radical (unpaired) electrons. The molecule has 1 aliphatic rings. The van der Waals surface area contributed by atoms with E-state index in [2.05, 4.69) is 0 Å². The van der Waals surface area contributed by atoms with Gasteiger partial charge in [-0.1, -0.05) is 40.2 Å². The summed E-state index contributed by atoms with van der Waals surface area (Å²) in [5, 5.41) is 0. The largest absolute Gasteiger partial charge is 0.513 e. The van der Waals surface area contributed by atoms with Crippen molar-refractivity contribution in [2.24, 2.45) is 17.6 Å². The zero-order valence-electron chi connectivity index (χ0n) is 25.4. The smallest absolute Gasteiger partial charge is 0.458 e. The highest BCUT2D eigenvalue weighted by atomic mass is 16.8. The van der Waals surface area contributed by atoms with Crippen molar-refractivity contribution < 1.29 is 52.3 Å². The zero-order valence-corrected chi connectivity index (χ0v) is 25.4. The van der Waals surface area contributed by atoms with Crippen LogP contribution in [0.3, 0.4) is 0 Å². The molecule has 1 unspecified atom stereocenters. The van der Waals surface area contributed by atoms with Crippen molar-refractivity contribution in [3.63, 3.8) is 0 Å². The lowest BCUT2D eigenvalue weighted by Crippen LogP contribution is -2.39. The van der Waals surface area contributed by atoms with Gasteiger partial charge in [0.25, 0.3) is 0 Å². The molecule has 0 aliphatic heterocycles. The molecule has 3 atom stereocenters. The molecule has 1 fully saturated rings. The van der Waals surface area contributed by atoms with Crippen LogP contribution in [-0.4, -0.2) is 62.0 Å². The SMILES string of the molecule is CC(C)COC(=O)Oc1ccc(C[C@H](N)C(=O)O[C@@H](C)C(C)OC(=O)OC2CCCCC2)cc1OC(=O)OCC(C)C. The maximum Gasteiger partial charge on any atom is 0.513 e. The van der Waals surface area contributed by atoms with Crippen LogP contribution in [0.25, 0.3) is 0 Å². The monoisotopic (exact) mass is 595 g/mol. The first kappa shape index (κ1) is 34.7. The van der Waals surface area contributed by atoms with Crippen molar-refractivity contribution >= 4 is 24.4 Å². The predicted molar refractivity (Wildman–Crippen MR) is 151 cm³/mol. The van der Waals surface area contributed by atoms with E-state index in [1.807, 2.05) is 27.7 Å². The highest BCUT2D eigenvalue weighted by molar-refractivity contribution is 5.76. The van der Waals surface area contributed by atoms with Gasteiger partial charge in [0.2, 0.25) is 0 Å². The number of rotatable bonds is 13. The van der Waals surface area contributed by atoms with Crippen LogP contribution < -0.4 is 15.2 Å². The van der Waals surface area contributed by atoms with Crippen LogP contribution in [0.1, 0.15) is 79.2 Å². The molecule has 1 aromatic rings. The Bertz CT molecular complexity index is 1040. The molecule has 0 bridgehead atoms. The molecular formula is C30H45NO11. The predicted octanol–water partition coefficient (Wildman–Crippen LogP) is 5.71. The Labute approximate surface area is 247 Å². The van der Waals surface area contributed by atoms with E-state index in [0.717, 1.165) is 32.1 Å². The molecule has 42 heavy (non-hydrogen) atoms. The van der Waals surface area contributed by atoms with Crippen molar-refractivity contribution in [2.75, 3.05) is 13.2 Å². The van der Waals surface area contributed by atoms with Gasteiger partial charge in [0.05, 0.1) is 13.2 Å². The molecule has 2 N–H and O–H groups in total. The summed E-state index contributed by atoms with van der Waals surface area (Å²) in [4.78, 5) is 49.2. The molecule has 0 amide bonds. The van der Waals surface area contributed by atoms with Crippen LogP contribution >= 0.6 is 0 Å². The third-order valence-electron chi connectivity index (χ3n) is 6.28. The summed E-state index contributed by atoms with van der Waals surface area (Å²) in [6.45, 7) is 10.9. The Kier molecular flexibility index (Phi) is 14.4. The Hall–Kier alpha value is -3.54. The lowest BCUT2D eigenvalue weighted by molar-refractivity contribution is -0.155. The first-order valence-corrected chi connectivity index (χ1v) is 14.5. The lowest BCUT2D eigenvalue weighted by Gasteiger charge is -2.25. The van der Waals surface area contributed by atoms with Gasteiger partial charge in [-0.25, -0.2) is 14.4 Å². The van der Waals surface area contributed by atoms with Gasteiger partial charge in [-0.15, -0.1) is 0 Å². The molecule has 236 valence electrons. The number of hydrogen-bond acceptors (Lipinski definition) is 12. The van der Waals surface area contributed by atoms with E-state index in [1.165, 1.54) is 12.1 Å². The highest BCUT2D eigenvalue weighted by Crippen LogP contribution is 2.30. The van der Waals surface area contributed by atoms with Crippen LogP contribution in [0.4, 0.5) is 14.4 Å². The van der Waals surface area contributed by atoms with Crippen molar-refractivity contribution in [1.29, 1.82) is 0 Å². The second-order valence-corrected chi connectivity index (χ2v) is 11.3. The summed E-state index contributed by atoms with van der Waals surface area (Å²) in [7, 11) is 0. The summed E-state index contributed by atoms with van der Waals surface area (Å²) in [6.07, 6.45) is 0.308. The fraction of sp³-hybridized carbons (Fsp3) is 0.667. The summed E-state index contributed by atoms with van der Waals surface area (Å²) >= 11 is 0. The van der Waals surface area contributed by atoms with Crippen molar-refractivity contribution in [2.45, 2.75) is 104 Å². The minimum atomic E-state index is -1.10. The second-order valence-electron chi connectivity index (χ2n) is 11.3. The number of carbonyl (C=O) groups is 4. The van der Waals surface area contributed by atoms with E-state index < -0.39 is 42.7 Å². The second kappa shape index (κ2) is 17.4. The van der Waals surface area contributed by atoms with Gasteiger partial charge in [0.15, 0.2) is 11.5 Å². The number of ether oxygens (including phenoxy) is 7. The molecule has 0 spiro atoms. The summed E-state index contributed by atoms with van der Waals surface area (Å²) in [6, 6.07) is 3.26. The molecular weight excluding hydrogens is 550 g/mol. The first-order valence-electron chi connectivity index (χ1n) is 14.5. The summed E-state index contributed by atoms with van der Waals surface area (Å²) in [5.41, 5.74) is 6.58. The summed E-state index contributed by atoms with van der Waals surface area (Å²) < 4.78 is 36.7. The number of nitrogens with two attached hydrogens (primary N) is 1. The number of hydrogen-bond donors (Lipinski definition) is 1. The third-order valence-corrected chi connectivity index (χ3v) is 6.28. The topological polar surface area (TPSA) is 159 Å². The van der Waals surface area contributed by atoms with E-state index in [0.29, 0.717) is 5.56 Å². The fourth-order valence-corrected chi connectivity index (χ4v) is 3.85. The molecule has 12 nitrogen and oxygen atoms in total. The average molecular weight is 596 g/mol. The normalized spacial score (nSPS) is 15.7. The number of benzene rings is 1. The quantitative estimate of drug-likeness (QED) is 0.168. The maximum absolute atomic E-state index is 12.7. The Morgan fingerprint density at radius 3 is 1.88 bits per heavy atom. The minimum absolute atomic E-state index is 0.00000929. The Morgan fingerprint density at radius 1 is 0.762 bits per heavy atom. The number of carbonyl (C=O) groups excluding carboxylic acids is 4. The fourth-order valence-electron chi connectivity index (χ4n) is 3.85. The van der Waals surface area contributed by atoms with E-state index in [9.17, 15) is 19.2 Å². The van der Waals surface area contributed by atoms with Crippen LogP contribution in [0, 0.1) is 11.8 Å². The Morgan fingerprint density at radius 2 is 1.31 bits per heavy atom. The van der Waals surface area contributed by atoms with Crippen LogP contribution in [0.5, 0.6) is 11.5 Å². The van der Waals surface area contributed by atoms with Crippen molar-refractivity contribution in [3.05, 3.63) is 23.8 Å². The molecule has 12 heteroatoms. The molecule has 0 saturated heterocycles. The maximum atomic E-state index is 12.7. The van der Waals surface area contributed by atoms with Gasteiger partial charge in [0, 0.05) is 0 Å². The molecule has 1 saturated carbocycles. The van der Waals surface area contributed by atoms with E-state index >= 15 is 0 Å². The van der Waals surface area contributed by atoms with Gasteiger partial charge in [-0.05, 0) is 75.5 Å².